The molecule has 1 aliphatic rings. The summed E-state index contributed by atoms with van der Waals surface area (Å²) in [5.41, 5.74) is -1.65. The predicted molar refractivity (Wildman–Crippen MR) is 97.5 cm³/mol. The van der Waals surface area contributed by atoms with Gasteiger partial charge in [0.15, 0.2) is 0 Å². The lowest BCUT2D eigenvalue weighted by molar-refractivity contribution is -0.137. The van der Waals surface area contributed by atoms with Crippen molar-refractivity contribution < 1.29 is 27.4 Å². The number of ether oxygens (including phenoxy) is 1. The van der Waals surface area contributed by atoms with Crippen LogP contribution in [0, 0.1) is 5.82 Å². The highest BCUT2D eigenvalue weighted by atomic mass is 19.4. The van der Waals surface area contributed by atoms with Crippen molar-refractivity contribution >= 4 is 0 Å². The van der Waals surface area contributed by atoms with E-state index in [1.807, 2.05) is 0 Å². The van der Waals surface area contributed by atoms with Crippen LogP contribution in [0.25, 0.3) is 0 Å². The molecule has 1 fully saturated rings. The molecule has 0 bridgehead atoms. The Morgan fingerprint density at radius 3 is 2.36 bits per heavy atom. The summed E-state index contributed by atoms with van der Waals surface area (Å²) in [4.78, 5) is 2.16. The Bertz CT molecular complexity index is 769. The Hall–Kier alpha value is -2.12. The van der Waals surface area contributed by atoms with Crippen LogP contribution in [0.2, 0.25) is 0 Å². The molecule has 2 aromatic rings. The number of halogens is 4. The van der Waals surface area contributed by atoms with Gasteiger partial charge in [0, 0.05) is 19.6 Å². The van der Waals surface area contributed by atoms with Crippen molar-refractivity contribution in [1.29, 1.82) is 0 Å². The van der Waals surface area contributed by atoms with Gasteiger partial charge in [-0.2, -0.15) is 13.2 Å². The number of benzene rings is 2. The van der Waals surface area contributed by atoms with Gasteiger partial charge < -0.3 is 14.7 Å². The molecule has 3 nitrogen and oxygen atoms in total. The summed E-state index contributed by atoms with van der Waals surface area (Å²) in [5.74, 6) is 0.299. The summed E-state index contributed by atoms with van der Waals surface area (Å²) in [5, 5.41) is 10.8. The van der Waals surface area contributed by atoms with E-state index in [0.29, 0.717) is 43.9 Å². The van der Waals surface area contributed by atoms with E-state index in [9.17, 15) is 22.7 Å². The van der Waals surface area contributed by atoms with E-state index in [2.05, 4.69) is 4.90 Å². The maximum atomic E-state index is 12.9. The molecule has 1 heterocycles. The van der Waals surface area contributed by atoms with E-state index in [4.69, 9.17) is 4.74 Å². The molecule has 0 spiro atoms. The first kappa shape index (κ1) is 20.6. The number of rotatable bonds is 6. The first-order valence-corrected chi connectivity index (χ1v) is 9.27. The summed E-state index contributed by atoms with van der Waals surface area (Å²) in [6.07, 6.45) is -2.89. The Balaban J connectivity index is 1.46. The number of hydrogen-bond donors (Lipinski definition) is 1. The van der Waals surface area contributed by atoms with Gasteiger partial charge in [0.25, 0.3) is 0 Å². The molecule has 0 amide bonds. The van der Waals surface area contributed by atoms with Crippen molar-refractivity contribution in [3.8, 4) is 5.75 Å². The molecule has 0 saturated carbocycles. The van der Waals surface area contributed by atoms with Gasteiger partial charge in [0.2, 0.25) is 0 Å². The van der Waals surface area contributed by atoms with Gasteiger partial charge in [-0.15, -0.1) is 0 Å². The van der Waals surface area contributed by atoms with Crippen molar-refractivity contribution in [2.24, 2.45) is 0 Å². The van der Waals surface area contributed by atoms with Crippen LogP contribution in [0.15, 0.2) is 48.5 Å². The lowest BCUT2D eigenvalue weighted by atomic mass is 9.83. The fourth-order valence-electron chi connectivity index (χ4n) is 3.43. The molecule has 7 heteroatoms. The van der Waals surface area contributed by atoms with Gasteiger partial charge in [-0.3, -0.25) is 0 Å². The predicted octanol–water partition coefficient (Wildman–Crippen LogP) is 4.60. The van der Waals surface area contributed by atoms with Crippen LogP contribution in [0.3, 0.4) is 0 Å². The van der Waals surface area contributed by atoms with Crippen molar-refractivity contribution in [1.82, 2.24) is 4.90 Å². The van der Waals surface area contributed by atoms with Crippen molar-refractivity contribution in [2.45, 2.75) is 31.0 Å². The van der Waals surface area contributed by atoms with Crippen LogP contribution in [0.5, 0.6) is 5.75 Å². The molecule has 0 aromatic heterocycles. The largest absolute Gasteiger partial charge is 0.494 e. The van der Waals surface area contributed by atoms with Crippen LogP contribution < -0.4 is 4.74 Å². The Labute approximate surface area is 161 Å². The molecule has 1 aliphatic heterocycles. The highest BCUT2D eigenvalue weighted by molar-refractivity contribution is 5.30. The van der Waals surface area contributed by atoms with E-state index in [-0.39, 0.29) is 5.82 Å². The first-order chi connectivity index (χ1) is 13.3. The average Bonchev–Trinajstić information content (AvgIpc) is 2.68. The standard InChI is InChI=1S/C21H23F4NO2/c22-18-5-7-19(8-6-18)28-14-2-11-26-12-9-20(27,10-13-26)16-3-1-4-17(15-16)21(23,24)25/h1,3-8,15,27H,2,9-14H2. The third kappa shape index (κ3) is 5.23. The molecule has 0 radical (unpaired) electrons. The summed E-state index contributed by atoms with van der Waals surface area (Å²) in [7, 11) is 0. The zero-order valence-corrected chi connectivity index (χ0v) is 15.4. The minimum atomic E-state index is -4.42. The van der Waals surface area contributed by atoms with Crippen molar-refractivity contribution in [2.75, 3.05) is 26.2 Å². The summed E-state index contributed by atoms with van der Waals surface area (Å²) < 4.78 is 57.2. The van der Waals surface area contributed by atoms with E-state index < -0.39 is 17.3 Å². The summed E-state index contributed by atoms with van der Waals surface area (Å²) in [6, 6.07) is 10.8. The number of alkyl halides is 3. The molecular formula is C21H23F4NO2. The topological polar surface area (TPSA) is 32.7 Å². The molecule has 0 aliphatic carbocycles. The van der Waals surface area contributed by atoms with Gasteiger partial charge in [-0.05, 0) is 61.2 Å². The lowest BCUT2D eigenvalue weighted by Crippen LogP contribution is -2.43. The van der Waals surface area contributed by atoms with Gasteiger partial charge >= 0.3 is 6.18 Å². The number of likely N-dealkylation sites (tertiary alicyclic amines) is 1. The normalized spacial score (nSPS) is 17.5. The van der Waals surface area contributed by atoms with Crippen LogP contribution in [-0.4, -0.2) is 36.2 Å². The Morgan fingerprint density at radius 2 is 1.71 bits per heavy atom. The molecule has 3 rings (SSSR count). The highest BCUT2D eigenvalue weighted by Crippen LogP contribution is 2.36. The number of aliphatic hydroxyl groups is 1. The van der Waals surface area contributed by atoms with E-state index in [1.54, 1.807) is 18.2 Å². The molecule has 0 atom stereocenters. The SMILES string of the molecule is OC1(c2cccc(C(F)(F)F)c2)CCN(CCCOc2ccc(F)cc2)CC1. The van der Waals surface area contributed by atoms with E-state index >= 15 is 0 Å². The van der Waals surface area contributed by atoms with Gasteiger partial charge in [0.05, 0.1) is 17.8 Å². The maximum absolute atomic E-state index is 12.9. The second-order valence-electron chi connectivity index (χ2n) is 7.11. The molecule has 1 N–H and O–H groups in total. The Morgan fingerprint density at radius 1 is 1.04 bits per heavy atom. The number of nitrogens with zero attached hydrogens (tertiary/aromatic N) is 1. The van der Waals surface area contributed by atoms with Crippen LogP contribution in [0.1, 0.15) is 30.4 Å². The minimum absolute atomic E-state index is 0.311. The molecular weight excluding hydrogens is 374 g/mol. The Kier molecular flexibility index (Phi) is 6.25. The lowest BCUT2D eigenvalue weighted by Gasteiger charge is -2.38. The third-order valence-corrected chi connectivity index (χ3v) is 5.11. The zero-order chi connectivity index (χ0) is 20.2. The van der Waals surface area contributed by atoms with Crippen LogP contribution in [0.4, 0.5) is 17.6 Å². The highest BCUT2D eigenvalue weighted by Gasteiger charge is 2.36. The smallest absolute Gasteiger partial charge is 0.416 e. The van der Waals surface area contributed by atoms with E-state index in [1.165, 1.54) is 18.2 Å². The van der Waals surface area contributed by atoms with E-state index in [0.717, 1.165) is 25.1 Å². The fourth-order valence-corrected chi connectivity index (χ4v) is 3.43. The average molecular weight is 397 g/mol. The number of piperidine rings is 1. The van der Waals surface area contributed by atoms with Crippen molar-refractivity contribution in [3.63, 3.8) is 0 Å². The molecule has 2 aromatic carbocycles. The molecule has 152 valence electrons. The first-order valence-electron chi connectivity index (χ1n) is 9.27. The minimum Gasteiger partial charge on any atom is -0.494 e. The quantitative estimate of drug-likeness (QED) is 0.571. The molecule has 28 heavy (non-hydrogen) atoms. The second-order valence-corrected chi connectivity index (χ2v) is 7.11. The summed E-state index contributed by atoms with van der Waals surface area (Å²) >= 11 is 0. The monoisotopic (exact) mass is 397 g/mol. The van der Waals surface area contributed by atoms with Crippen LogP contribution in [-0.2, 0) is 11.8 Å². The summed E-state index contributed by atoms with van der Waals surface area (Å²) in [6.45, 7) is 2.45. The van der Waals surface area contributed by atoms with Crippen LogP contribution >= 0.6 is 0 Å². The van der Waals surface area contributed by atoms with Gasteiger partial charge in [-0.25, -0.2) is 4.39 Å². The van der Waals surface area contributed by atoms with Crippen molar-refractivity contribution in [3.05, 3.63) is 65.5 Å². The second kappa shape index (κ2) is 8.49. The van der Waals surface area contributed by atoms with Gasteiger partial charge in [-0.1, -0.05) is 12.1 Å². The maximum Gasteiger partial charge on any atom is 0.416 e. The molecule has 1 saturated heterocycles. The van der Waals surface area contributed by atoms with Gasteiger partial charge in [0.1, 0.15) is 11.6 Å². The molecule has 0 unspecified atom stereocenters. The zero-order valence-electron chi connectivity index (χ0n) is 15.4. The fraction of sp³-hybridized carbons (Fsp3) is 0.429. The number of hydrogen-bond acceptors (Lipinski definition) is 3. The third-order valence-electron chi connectivity index (χ3n) is 5.11.